The van der Waals surface area contributed by atoms with Crippen LogP contribution < -0.4 is 11.1 Å². The Kier molecular flexibility index (Phi) is 4.54. The van der Waals surface area contributed by atoms with Gasteiger partial charge in [0.25, 0.3) is 0 Å². The first-order valence-corrected chi connectivity index (χ1v) is 8.98. The van der Waals surface area contributed by atoms with E-state index in [4.69, 9.17) is 17.3 Å². The van der Waals surface area contributed by atoms with Gasteiger partial charge in [-0.15, -0.1) is 0 Å². The number of nitrogens with two attached hydrogens (primary N) is 1. The van der Waals surface area contributed by atoms with Gasteiger partial charge < -0.3 is 15.6 Å². The highest BCUT2D eigenvalue weighted by molar-refractivity contribution is 9.10. The number of rotatable bonds is 4. The zero-order chi connectivity index (χ0) is 19.0. The Morgan fingerprint density at radius 1 is 1.26 bits per heavy atom. The van der Waals surface area contributed by atoms with Crippen LogP contribution in [0.2, 0.25) is 5.02 Å². The van der Waals surface area contributed by atoms with E-state index in [0.29, 0.717) is 22.1 Å². The van der Waals surface area contributed by atoms with Crippen molar-refractivity contribution in [3.63, 3.8) is 0 Å². The fourth-order valence-corrected chi connectivity index (χ4v) is 3.60. The smallest absolute Gasteiger partial charge is 0.244 e. The van der Waals surface area contributed by atoms with Gasteiger partial charge in [0.2, 0.25) is 5.91 Å². The molecule has 1 amide bonds. The van der Waals surface area contributed by atoms with Crippen LogP contribution in [-0.4, -0.2) is 25.8 Å². The summed E-state index contributed by atoms with van der Waals surface area (Å²) < 4.78 is 7.15. The largest absolute Gasteiger partial charge is 0.379 e. The number of imidazole rings is 1. The molecule has 27 heavy (non-hydrogen) atoms. The van der Waals surface area contributed by atoms with Crippen LogP contribution in [0.3, 0.4) is 0 Å². The Balaban J connectivity index is 1.70. The van der Waals surface area contributed by atoms with E-state index in [-0.39, 0.29) is 24.0 Å². The number of hydrogen-bond acceptors (Lipinski definition) is 6. The van der Waals surface area contributed by atoms with Crippen LogP contribution in [0.15, 0.2) is 51.6 Å². The molecule has 2 aromatic carbocycles. The molecule has 0 saturated carbocycles. The summed E-state index contributed by atoms with van der Waals surface area (Å²) in [5.41, 5.74) is 8.13. The van der Waals surface area contributed by atoms with E-state index in [0.717, 1.165) is 9.99 Å². The Labute approximate surface area is 166 Å². The molecule has 3 N–H and O–H groups in total. The first-order valence-electron chi connectivity index (χ1n) is 7.81. The number of nitrogens with one attached hydrogen (secondary N) is 1. The second kappa shape index (κ2) is 7.01. The molecule has 0 bridgehead atoms. The van der Waals surface area contributed by atoms with Gasteiger partial charge >= 0.3 is 0 Å². The molecular weight excluding hydrogens is 436 g/mol. The minimum Gasteiger partial charge on any atom is -0.379 e. The highest BCUT2D eigenvalue weighted by atomic mass is 79.9. The molecule has 10 heteroatoms. The fourth-order valence-electron chi connectivity index (χ4n) is 2.74. The third kappa shape index (κ3) is 3.51. The maximum Gasteiger partial charge on any atom is 0.244 e. The lowest BCUT2D eigenvalue weighted by molar-refractivity contribution is -0.116. The van der Waals surface area contributed by atoms with Crippen molar-refractivity contribution >= 4 is 56.0 Å². The predicted octanol–water partition coefficient (Wildman–Crippen LogP) is 3.72. The molecule has 4 rings (SSSR count). The molecule has 0 aliphatic heterocycles. The second-order valence-corrected chi connectivity index (χ2v) is 7.07. The van der Waals surface area contributed by atoms with Crippen LogP contribution in [0.5, 0.6) is 0 Å². The standard InChI is InChI=1S/C17H12BrClN6O2/c18-9-5-10(19)7-11(6-9)21-14(26)8-25-13-4-2-1-3-12(13)22-17(25)15-16(20)24-27-23-15/h1-7H,8H2,(H2,20,24)(H,21,26). The average Bonchev–Trinajstić information content (AvgIpc) is 3.17. The predicted molar refractivity (Wildman–Crippen MR) is 105 cm³/mol. The summed E-state index contributed by atoms with van der Waals surface area (Å²) in [6, 6.07) is 12.6. The number of para-hydroxylation sites is 2. The molecule has 0 saturated heterocycles. The summed E-state index contributed by atoms with van der Waals surface area (Å²) in [7, 11) is 0. The number of nitrogens with zero attached hydrogens (tertiary/aromatic N) is 4. The zero-order valence-electron chi connectivity index (χ0n) is 13.7. The van der Waals surface area contributed by atoms with Crippen molar-refractivity contribution in [3.8, 4) is 11.5 Å². The van der Waals surface area contributed by atoms with Crippen molar-refractivity contribution in [1.29, 1.82) is 0 Å². The lowest BCUT2D eigenvalue weighted by atomic mass is 10.3. The van der Waals surface area contributed by atoms with Crippen LogP contribution >= 0.6 is 27.5 Å². The Bertz CT molecular complexity index is 1140. The van der Waals surface area contributed by atoms with Crippen molar-refractivity contribution in [2.75, 3.05) is 11.1 Å². The summed E-state index contributed by atoms with van der Waals surface area (Å²) in [5.74, 6) is 0.242. The monoisotopic (exact) mass is 446 g/mol. The molecular formula is C17H12BrClN6O2. The van der Waals surface area contributed by atoms with Crippen molar-refractivity contribution in [3.05, 3.63) is 52.0 Å². The van der Waals surface area contributed by atoms with E-state index in [1.807, 2.05) is 24.3 Å². The van der Waals surface area contributed by atoms with Crippen LogP contribution in [0, 0.1) is 0 Å². The maximum atomic E-state index is 12.6. The van der Waals surface area contributed by atoms with Gasteiger partial charge in [0.05, 0.1) is 11.0 Å². The van der Waals surface area contributed by atoms with E-state index >= 15 is 0 Å². The van der Waals surface area contributed by atoms with E-state index < -0.39 is 0 Å². The number of aromatic nitrogens is 4. The van der Waals surface area contributed by atoms with Gasteiger partial charge in [-0.25, -0.2) is 9.61 Å². The maximum absolute atomic E-state index is 12.6. The number of carbonyl (C=O) groups excluding carboxylic acids is 1. The molecule has 2 aromatic heterocycles. The van der Waals surface area contributed by atoms with Crippen molar-refractivity contribution in [2.24, 2.45) is 0 Å². The van der Waals surface area contributed by atoms with Gasteiger partial charge in [-0.1, -0.05) is 39.7 Å². The molecule has 0 atom stereocenters. The van der Waals surface area contributed by atoms with E-state index in [9.17, 15) is 4.79 Å². The zero-order valence-corrected chi connectivity index (χ0v) is 16.0. The van der Waals surface area contributed by atoms with Gasteiger partial charge in [-0.05, 0) is 40.6 Å². The average molecular weight is 448 g/mol. The van der Waals surface area contributed by atoms with Crippen molar-refractivity contribution in [1.82, 2.24) is 19.9 Å². The van der Waals surface area contributed by atoms with Crippen molar-refractivity contribution < 1.29 is 9.42 Å². The molecule has 8 nitrogen and oxygen atoms in total. The summed E-state index contributed by atoms with van der Waals surface area (Å²) in [6.45, 7) is -0.00766. The van der Waals surface area contributed by atoms with Gasteiger partial charge in [0, 0.05) is 15.2 Å². The molecule has 136 valence electrons. The van der Waals surface area contributed by atoms with Crippen LogP contribution in [-0.2, 0) is 11.3 Å². The number of nitrogen functional groups attached to an aromatic ring is 1. The first-order chi connectivity index (χ1) is 13.0. The molecule has 0 aliphatic carbocycles. The number of carbonyl (C=O) groups is 1. The van der Waals surface area contributed by atoms with E-state index in [2.05, 4.69) is 41.2 Å². The molecule has 0 fully saturated rings. The number of amides is 1. The number of fused-ring (bicyclic) bond motifs is 1. The summed E-state index contributed by atoms with van der Waals surface area (Å²) >= 11 is 9.38. The minimum absolute atomic E-state index is 0.00766. The van der Waals surface area contributed by atoms with E-state index in [1.54, 1.807) is 22.8 Å². The van der Waals surface area contributed by atoms with Gasteiger partial charge in [0.1, 0.15) is 6.54 Å². The lowest BCUT2D eigenvalue weighted by Crippen LogP contribution is -2.19. The summed E-state index contributed by atoms with van der Waals surface area (Å²) in [4.78, 5) is 17.2. The number of benzene rings is 2. The number of anilines is 2. The second-order valence-electron chi connectivity index (χ2n) is 5.71. The van der Waals surface area contributed by atoms with Gasteiger partial charge in [0.15, 0.2) is 17.3 Å². The first kappa shape index (κ1) is 17.5. The number of halogens is 2. The fraction of sp³-hybridized carbons (Fsp3) is 0.0588. The summed E-state index contributed by atoms with van der Waals surface area (Å²) in [6.07, 6.45) is 0. The van der Waals surface area contributed by atoms with Gasteiger partial charge in [-0.3, -0.25) is 4.79 Å². The molecule has 0 radical (unpaired) electrons. The van der Waals surface area contributed by atoms with E-state index in [1.165, 1.54) is 0 Å². The quantitative estimate of drug-likeness (QED) is 0.493. The highest BCUT2D eigenvalue weighted by Crippen LogP contribution is 2.27. The van der Waals surface area contributed by atoms with Crippen LogP contribution in [0.4, 0.5) is 11.5 Å². The lowest BCUT2D eigenvalue weighted by Gasteiger charge is -2.10. The SMILES string of the molecule is Nc1nonc1-c1nc2ccccc2n1CC(=O)Nc1cc(Cl)cc(Br)c1. The Morgan fingerprint density at radius 2 is 2.07 bits per heavy atom. The van der Waals surface area contributed by atoms with Crippen LogP contribution in [0.1, 0.15) is 0 Å². The van der Waals surface area contributed by atoms with Crippen LogP contribution in [0.25, 0.3) is 22.6 Å². The Morgan fingerprint density at radius 3 is 2.81 bits per heavy atom. The molecule has 4 aromatic rings. The topological polar surface area (TPSA) is 112 Å². The molecule has 2 heterocycles. The normalized spacial score (nSPS) is 11.0. The third-order valence-corrected chi connectivity index (χ3v) is 4.50. The number of hydrogen-bond donors (Lipinski definition) is 2. The Hall–Kier alpha value is -2.91. The van der Waals surface area contributed by atoms with Crippen molar-refractivity contribution in [2.45, 2.75) is 6.54 Å². The highest BCUT2D eigenvalue weighted by Gasteiger charge is 2.20. The third-order valence-electron chi connectivity index (χ3n) is 3.83. The van der Waals surface area contributed by atoms with Gasteiger partial charge in [-0.2, -0.15) is 0 Å². The summed E-state index contributed by atoms with van der Waals surface area (Å²) in [5, 5.41) is 10.7. The molecule has 0 aliphatic rings. The minimum atomic E-state index is -0.261. The molecule has 0 unspecified atom stereocenters. The molecule has 0 spiro atoms.